The lowest BCUT2D eigenvalue weighted by Gasteiger charge is -2.22. The van der Waals surface area contributed by atoms with E-state index in [1.54, 1.807) is 13.8 Å². The van der Waals surface area contributed by atoms with Crippen LogP contribution in [0.25, 0.3) is 0 Å². The molecule has 182 valence electrons. The Balaban J connectivity index is 2.36. The molecular weight excluding hydrogens is 485 g/mol. The summed E-state index contributed by atoms with van der Waals surface area (Å²) in [6.45, 7) is 3.08. The van der Waals surface area contributed by atoms with Crippen LogP contribution < -0.4 is 5.73 Å². The average molecular weight is 509 g/mol. The first-order valence-electron chi connectivity index (χ1n) is 9.71. The number of thioether (sulfide) groups is 1. The van der Waals surface area contributed by atoms with Crippen LogP contribution in [0.5, 0.6) is 0 Å². The Labute approximate surface area is 199 Å². The predicted molar refractivity (Wildman–Crippen MR) is 130 cm³/mol. The van der Waals surface area contributed by atoms with Crippen molar-refractivity contribution in [3.05, 3.63) is 68.1 Å². The predicted octanol–water partition coefficient (Wildman–Crippen LogP) is 2.62. The highest BCUT2D eigenvalue weighted by molar-refractivity contribution is 8.17. The van der Waals surface area contributed by atoms with Gasteiger partial charge in [-0.3, -0.25) is 19.7 Å². The number of benzene rings is 1. The molecule has 1 heterocycles. The average Bonchev–Trinajstić information content (AvgIpc) is 2.76. The summed E-state index contributed by atoms with van der Waals surface area (Å²) in [5, 5.41) is 10.5. The van der Waals surface area contributed by atoms with E-state index in [2.05, 4.69) is 16.3 Å². The van der Waals surface area contributed by atoms with Crippen LogP contribution in [0.2, 0.25) is 0 Å². The number of nitrogens with zero attached hydrogens (tertiary/aromatic N) is 4. The fourth-order valence-corrected chi connectivity index (χ4v) is 4.02. The fraction of sp³-hybridized carbons (Fsp3) is 0.250. The second-order valence-electron chi connectivity index (χ2n) is 7.01. The molecule has 0 spiro atoms. The van der Waals surface area contributed by atoms with E-state index in [1.807, 2.05) is 0 Å². The Morgan fingerprint density at radius 3 is 2.74 bits per heavy atom. The zero-order valence-electron chi connectivity index (χ0n) is 18.4. The number of aryl methyl sites for hydroxylation is 1. The Kier molecular flexibility index (Phi) is 9.47. The molecule has 34 heavy (non-hydrogen) atoms. The molecular formula is C20H24N5O7PS. The van der Waals surface area contributed by atoms with Gasteiger partial charge in [-0.25, -0.2) is 9.97 Å². The minimum Gasteiger partial charge on any atom is -0.383 e. The van der Waals surface area contributed by atoms with Crippen LogP contribution in [0, 0.1) is 17.0 Å². The number of allylic oxidation sites excluding steroid dienone is 1. The summed E-state index contributed by atoms with van der Waals surface area (Å²) in [6, 6.07) is 5.23. The number of nitrogens with two attached hydrogens (primary N) is 1. The first-order valence-corrected chi connectivity index (χ1v) is 12.3. The molecule has 12 nitrogen and oxygen atoms in total. The summed E-state index contributed by atoms with van der Waals surface area (Å²) in [5.41, 5.74) is 6.61. The highest BCUT2D eigenvalue weighted by atomic mass is 32.2. The number of hydrogen-bond acceptors (Lipinski definition) is 11. The molecule has 0 fully saturated rings. The first-order chi connectivity index (χ1) is 15.9. The molecule has 1 aromatic heterocycles. The van der Waals surface area contributed by atoms with Gasteiger partial charge in [0, 0.05) is 46.5 Å². The summed E-state index contributed by atoms with van der Waals surface area (Å²) in [7, 11) is -3.77. The number of nitro groups is 1. The summed E-state index contributed by atoms with van der Waals surface area (Å²) in [5.74, 6) is 0.666. The van der Waals surface area contributed by atoms with Crippen molar-refractivity contribution in [3.8, 4) is 0 Å². The van der Waals surface area contributed by atoms with E-state index in [0.717, 1.165) is 17.8 Å². The molecule has 1 amide bonds. The van der Waals surface area contributed by atoms with Crippen molar-refractivity contribution in [2.45, 2.75) is 26.8 Å². The maximum Gasteiger partial charge on any atom is 0.270 e. The van der Waals surface area contributed by atoms with Gasteiger partial charge in [-0.05, 0) is 38.0 Å². The van der Waals surface area contributed by atoms with Crippen LogP contribution >= 0.6 is 19.3 Å². The van der Waals surface area contributed by atoms with Gasteiger partial charge in [0.05, 0.1) is 18.1 Å². The number of aromatic nitrogens is 2. The second-order valence-corrected chi connectivity index (χ2v) is 9.67. The molecule has 0 aliphatic rings. The summed E-state index contributed by atoms with van der Waals surface area (Å²) >= 11 is 0.742. The number of nitrogen functional groups attached to an aromatic ring is 1. The number of carbonyl (C=O) groups is 2. The minimum absolute atomic E-state index is 0.0175. The molecule has 0 aliphatic heterocycles. The van der Waals surface area contributed by atoms with Gasteiger partial charge >= 0.3 is 0 Å². The SMILES string of the molecule is C=P(O)(O)OCC/C(SC(=O)c1cccc([N+](=O)[O-])c1)=C(\C)N(C=O)Cc1cnc(C)nc1N. The standard InChI is InChI=1S/C20H24N5O7PS/c1-13(24(12-26)11-16-10-22-14(2)23-19(16)21)18(7-8-32-33(3,30)31)34-20(27)15-5-4-6-17(9-15)25(28)29/h4-6,9-10,12,30-31H,3,7-8,11H2,1-2H3,(H2,21,22,23)/b18-13-. The van der Waals surface area contributed by atoms with Gasteiger partial charge in [0.1, 0.15) is 11.6 Å². The molecule has 0 aliphatic carbocycles. The Morgan fingerprint density at radius 1 is 1.44 bits per heavy atom. The first kappa shape index (κ1) is 27.2. The van der Waals surface area contributed by atoms with Crippen LogP contribution in [-0.4, -0.2) is 54.0 Å². The third-order valence-electron chi connectivity index (χ3n) is 4.46. The molecule has 0 saturated carbocycles. The largest absolute Gasteiger partial charge is 0.383 e. The van der Waals surface area contributed by atoms with E-state index in [9.17, 15) is 29.5 Å². The molecule has 0 unspecified atom stereocenters. The number of carbonyl (C=O) groups excluding carboxylic acids is 2. The minimum atomic E-state index is -3.77. The molecule has 2 aromatic rings. The molecule has 1 aromatic carbocycles. The van der Waals surface area contributed by atoms with Crippen molar-refractivity contribution in [2.24, 2.45) is 0 Å². The van der Waals surface area contributed by atoms with Crippen LogP contribution in [0.15, 0.2) is 41.1 Å². The lowest BCUT2D eigenvalue weighted by Crippen LogP contribution is -2.22. The van der Waals surface area contributed by atoms with Crippen molar-refractivity contribution in [1.82, 2.24) is 14.9 Å². The molecule has 0 radical (unpaired) electrons. The molecule has 4 N–H and O–H groups in total. The van der Waals surface area contributed by atoms with E-state index in [-0.39, 0.29) is 36.6 Å². The van der Waals surface area contributed by atoms with E-state index in [1.165, 1.54) is 29.3 Å². The quantitative estimate of drug-likeness (QED) is 0.175. The molecule has 0 bridgehead atoms. The third-order valence-corrected chi connectivity index (χ3v) is 6.22. The number of hydrogen-bond donors (Lipinski definition) is 3. The highest BCUT2D eigenvalue weighted by Crippen LogP contribution is 2.37. The van der Waals surface area contributed by atoms with Gasteiger partial charge in [-0.1, -0.05) is 6.07 Å². The monoisotopic (exact) mass is 509 g/mol. The third kappa shape index (κ3) is 8.04. The van der Waals surface area contributed by atoms with Gasteiger partial charge in [0.2, 0.25) is 19.1 Å². The lowest BCUT2D eigenvalue weighted by atomic mass is 10.2. The fourth-order valence-electron chi connectivity index (χ4n) is 2.72. The zero-order valence-corrected chi connectivity index (χ0v) is 20.2. The molecule has 0 atom stereocenters. The second kappa shape index (κ2) is 11.9. The van der Waals surface area contributed by atoms with Crippen molar-refractivity contribution in [3.63, 3.8) is 0 Å². The molecule has 0 saturated heterocycles. The van der Waals surface area contributed by atoms with E-state index in [0.29, 0.717) is 28.4 Å². The van der Waals surface area contributed by atoms with Crippen LogP contribution in [0.4, 0.5) is 11.5 Å². The Bertz CT molecular complexity index is 1170. The topological polar surface area (TPSA) is 182 Å². The van der Waals surface area contributed by atoms with Gasteiger partial charge in [0.25, 0.3) is 5.69 Å². The van der Waals surface area contributed by atoms with E-state index < -0.39 is 17.6 Å². The van der Waals surface area contributed by atoms with Crippen molar-refractivity contribution >= 4 is 48.7 Å². The van der Waals surface area contributed by atoms with E-state index >= 15 is 0 Å². The summed E-state index contributed by atoms with van der Waals surface area (Å²) < 4.78 is 4.93. The number of non-ortho nitro benzene ring substituents is 1. The Morgan fingerprint density at radius 2 is 2.15 bits per heavy atom. The highest BCUT2D eigenvalue weighted by Gasteiger charge is 2.20. The number of anilines is 1. The number of amides is 1. The zero-order chi connectivity index (χ0) is 25.5. The summed E-state index contributed by atoms with van der Waals surface area (Å²) in [6.07, 6.45) is 5.19. The molecule has 2 rings (SSSR count). The smallest absolute Gasteiger partial charge is 0.270 e. The van der Waals surface area contributed by atoms with Gasteiger partial charge in [-0.2, -0.15) is 0 Å². The van der Waals surface area contributed by atoms with Gasteiger partial charge in [0.15, 0.2) is 0 Å². The lowest BCUT2D eigenvalue weighted by molar-refractivity contribution is -0.384. The van der Waals surface area contributed by atoms with Crippen LogP contribution in [-0.2, 0) is 15.9 Å². The molecule has 14 heteroatoms. The Hall–Kier alpha value is -3.09. The van der Waals surface area contributed by atoms with Gasteiger partial charge in [-0.15, -0.1) is 0 Å². The number of nitro benzene ring substituents is 1. The van der Waals surface area contributed by atoms with Crippen molar-refractivity contribution in [1.29, 1.82) is 0 Å². The number of rotatable bonds is 11. The maximum absolute atomic E-state index is 12.9. The van der Waals surface area contributed by atoms with Crippen molar-refractivity contribution < 1.29 is 28.8 Å². The van der Waals surface area contributed by atoms with Crippen LogP contribution in [0.1, 0.15) is 35.1 Å². The van der Waals surface area contributed by atoms with Crippen molar-refractivity contribution in [2.75, 3.05) is 12.3 Å². The normalized spacial score (nSPS) is 12.1. The van der Waals surface area contributed by atoms with E-state index in [4.69, 9.17) is 10.3 Å². The maximum atomic E-state index is 12.9. The van der Waals surface area contributed by atoms with Crippen LogP contribution in [0.3, 0.4) is 0 Å². The summed E-state index contributed by atoms with van der Waals surface area (Å²) in [4.78, 5) is 63.8. The van der Waals surface area contributed by atoms with Gasteiger partial charge < -0.3 is 24.9 Å².